The van der Waals surface area contributed by atoms with E-state index in [1.807, 2.05) is 4.72 Å². The van der Waals surface area contributed by atoms with Crippen molar-refractivity contribution in [3.05, 3.63) is 53.6 Å². The summed E-state index contributed by atoms with van der Waals surface area (Å²) in [7, 11) is -4.10. The first-order chi connectivity index (χ1) is 9.33. The number of hydrogen-bond donors (Lipinski definition) is 2. The summed E-state index contributed by atoms with van der Waals surface area (Å²) in [6.07, 6.45) is 0. The zero-order valence-corrected chi connectivity index (χ0v) is 11.3. The number of rotatable bonds is 3. The molecular formula is C13H12F2N2O2S. The summed E-state index contributed by atoms with van der Waals surface area (Å²) < 4.78 is 53.1. The van der Waals surface area contributed by atoms with Crippen LogP contribution in [0, 0.1) is 18.6 Å². The van der Waals surface area contributed by atoms with E-state index in [4.69, 9.17) is 5.73 Å². The molecule has 0 radical (unpaired) electrons. The Morgan fingerprint density at radius 2 is 1.75 bits per heavy atom. The summed E-state index contributed by atoms with van der Waals surface area (Å²) in [5.41, 5.74) is 5.62. The van der Waals surface area contributed by atoms with Gasteiger partial charge in [0.05, 0.1) is 11.4 Å². The van der Waals surface area contributed by atoms with Crippen LogP contribution in [0.2, 0.25) is 0 Å². The van der Waals surface area contributed by atoms with Gasteiger partial charge in [-0.15, -0.1) is 0 Å². The minimum absolute atomic E-state index is 0.0364. The van der Waals surface area contributed by atoms with Crippen molar-refractivity contribution in [3.63, 3.8) is 0 Å². The molecule has 3 N–H and O–H groups in total. The maximum atomic E-state index is 13.5. The molecule has 0 saturated heterocycles. The van der Waals surface area contributed by atoms with Gasteiger partial charge in [0.15, 0.2) is 11.6 Å². The largest absolute Gasteiger partial charge is 0.398 e. The predicted molar refractivity (Wildman–Crippen MR) is 72.8 cm³/mol. The summed E-state index contributed by atoms with van der Waals surface area (Å²) in [6, 6.07) is 7.82. The van der Waals surface area contributed by atoms with Crippen molar-refractivity contribution in [2.75, 3.05) is 10.5 Å². The van der Waals surface area contributed by atoms with E-state index in [9.17, 15) is 17.2 Å². The minimum atomic E-state index is -4.10. The second-order valence-corrected chi connectivity index (χ2v) is 5.82. The molecule has 106 valence electrons. The maximum Gasteiger partial charge on any atom is 0.264 e. The molecular weight excluding hydrogens is 286 g/mol. The molecule has 0 aliphatic rings. The van der Waals surface area contributed by atoms with E-state index >= 15 is 0 Å². The quantitative estimate of drug-likeness (QED) is 0.856. The Bertz CT molecular complexity index is 741. The molecule has 2 aromatic rings. The van der Waals surface area contributed by atoms with Crippen LogP contribution in [0.15, 0.2) is 41.3 Å². The van der Waals surface area contributed by atoms with Gasteiger partial charge in [-0.1, -0.05) is 18.2 Å². The van der Waals surface area contributed by atoms with Crippen molar-refractivity contribution in [1.29, 1.82) is 0 Å². The molecule has 0 fully saturated rings. The smallest absolute Gasteiger partial charge is 0.264 e. The third-order valence-corrected chi connectivity index (χ3v) is 4.29. The predicted octanol–water partition coefficient (Wildman–Crippen LogP) is 2.66. The molecule has 4 nitrogen and oxygen atoms in total. The Morgan fingerprint density at radius 1 is 1.10 bits per heavy atom. The molecule has 7 heteroatoms. The number of nitrogens with one attached hydrogen (secondary N) is 1. The Balaban J connectivity index is 2.50. The normalized spacial score (nSPS) is 11.3. The van der Waals surface area contributed by atoms with Gasteiger partial charge in [0.1, 0.15) is 4.90 Å². The Morgan fingerprint density at radius 3 is 2.40 bits per heavy atom. The molecule has 0 aliphatic heterocycles. The van der Waals surface area contributed by atoms with Gasteiger partial charge in [-0.3, -0.25) is 4.72 Å². The van der Waals surface area contributed by atoms with Gasteiger partial charge in [-0.2, -0.15) is 0 Å². The average Bonchev–Trinajstić information content (AvgIpc) is 2.34. The average molecular weight is 298 g/mol. The highest BCUT2D eigenvalue weighted by molar-refractivity contribution is 7.93. The highest BCUT2D eigenvalue weighted by Gasteiger charge is 2.22. The molecule has 0 spiro atoms. The van der Waals surface area contributed by atoms with E-state index in [0.717, 1.165) is 12.1 Å². The SMILES string of the molecule is Cc1cccc(N)c1S(=O)(=O)Nc1cccc(F)c1F. The van der Waals surface area contributed by atoms with Crippen LogP contribution in [0.25, 0.3) is 0 Å². The van der Waals surface area contributed by atoms with E-state index in [2.05, 4.69) is 0 Å². The van der Waals surface area contributed by atoms with Crippen molar-refractivity contribution in [1.82, 2.24) is 0 Å². The second-order valence-electron chi connectivity index (χ2n) is 4.20. The molecule has 0 aliphatic carbocycles. The fourth-order valence-electron chi connectivity index (χ4n) is 1.82. The van der Waals surface area contributed by atoms with Crippen molar-refractivity contribution < 1.29 is 17.2 Å². The van der Waals surface area contributed by atoms with Crippen LogP contribution in [0.4, 0.5) is 20.2 Å². The van der Waals surface area contributed by atoms with Crippen LogP contribution in [0.5, 0.6) is 0 Å². The van der Waals surface area contributed by atoms with E-state index in [0.29, 0.717) is 5.56 Å². The number of halogens is 2. The first-order valence-electron chi connectivity index (χ1n) is 5.65. The number of anilines is 2. The first-order valence-corrected chi connectivity index (χ1v) is 7.13. The van der Waals surface area contributed by atoms with E-state index in [-0.39, 0.29) is 10.6 Å². The first kappa shape index (κ1) is 14.3. The van der Waals surface area contributed by atoms with E-state index in [1.165, 1.54) is 12.1 Å². The molecule has 0 saturated carbocycles. The molecule has 2 rings (SSSR count). The third-order valence-electron chi connectivity index (χ3n) is 2.71. The zero-order valence-electron chi connectivity index (χ0n) is 10.5. The Hall–Kier alpha value is -2.15. The topological polar surface area (TPSA) is 72.2 Å². The monoisotopic (exact) mass is 298 g/mol. The van der Waals surface area contributed by atoms with E-state index in [1.54, 1.807) is 19.1 Å². The Labute approximate surface area is 115 Å². The number of hydrogen-bond acceptors (Lipinski definition) is 3. The lowest BCUT2D eigenvalue weighted by atomic mass is 10.2. The summed E-state index contributed by atoms with van der Waals surface area (Å²) in [4.78, 5) is -0.149. The van der Waals surface area contributed by atoms with Gasteiger partial charge in [0, 0.05) is 0 Å². The van der Waals surface area contributed by atoms with Crippen molar-refractivity contribution in [2.24, 2.45) is 0 Å². The summed E-state index contributed by atoms with van der Waals surface area (Å²) >= 11 is 0. The van der Waals surface area contributed by atoms with Crippen molar-refractivity contribution >= 4 is 21.4 Å². The van der Waals surface area contributed by atoms with Gasteiger partial charge < -0.3 is 5.73 Å². The number of sulfonamides is 1. The van der Waals surface area contributed by atoms with Gasteiger partial charge >= 0.3 is 0 Å². The molecule has 2 aromatic carbocycles. The van der Waals surface area contributed by atoms with Crippen molar-refractivity contribution in [3.8, 4) is 0 Å². The Kier molecular flexibility index (Phi) is 3.63. The van der Waals surface area contributed by atoms with Crippen LogP contribution < -0.4 is 10.5 Å². The zero-order chi connectivity index (χ0) is 14.9. The number of nitrogen functional groups attached to an aromatic ring is 1. The van der Waals surface area contributed by atoms with E-state index < -0.39 is 27.3 Å². The standard InChI is InChI=1S/C13H12F2N2O2S/c1-8-4-2-6-10(16)13(8)20(18,19)17-11-7-3-5-9(14)12(11)15/h2-7,17H,16H2,1H3. The molecule has 0 amide bonds. The minimum Gasteiger partial charge on any atom is -0.398 e. The number of aryl methyl sites for hydroxylation is 1. The fraction of sp³-hybridized carbons (Fsp3) is 0.0769. The molecule has 20 heavy (non-hydrogen) atoms. The lowest BCUT2D eigenvalue weighted by molar-refractivity contribution is 0.511. The molecule has 0 heterocycles. The third kappa shape index (κ3) is 2.57. The van der Waals surface area contributed by atoms with Crippen molar-refractivity contribution in [2.45, 2.75) is 11.8 Å². The van der Waals surface area contributed by atoms with Gasteiger partial charge in [-0.25, -0.2) is 17.2 Å². The second kappa shape index (κ2) is 5.09. The highest BCUT2D eigenvalue weighted by Crippen LogP contribution is 2.26. The molecule has 0 atom stereocenters. The fourth-order valence-corrected chi connectivity index (χ4v) is 3.24. The lowest BCUT2D eigenvalue weighted by Crippen LogP contribution is -2.17. The molecule has 0 bridgehead atoms. The molecule has 0 aromatic heterocycles. The molecule has 0 unspecified atom stereocenters. The van der Waals surface area contributed by atoms with Crippen LogP contribution in [0.1, 0.15) is 5.56 Å². The van der Waals surface area contributed by atoms with Crippen LogP contribution in [-0.2, 0) is 10.0 Å². The maximum absolute atomic E-state index is 13.5. The lowest BCUT2D eigenvalue weighted by Gasteiger charge is -2.13. The van der Waals surface area contributed by atoms with Gasteiger partial charge in [-0.05, 0) is 30.7 Å². The number of benzene rings is 2. The number of nitrogens with two attached hydrogens (primary N) is 1. The van der Waals surface area contributed by atoms with Crippen LogP contribution in [0.3, 0.4) is 0 Å². The highest BCUT2D eigenvalue weighted by atomic mass is 32.2. The summed E-state index contributed by atoms with van der Waals surface area (Å²) in [6.45, 7) is 1.56. The van der Waals surface area contributed by atoms with Gasteiger partial charge in [0.2, 0.25) is 0 Å². The van der Waals surface area contributed by atoms with Crippen LogP contribution >= 0.6 is 0 Å². The summed E-state index contributed by atoms with van der Waals surface area (Å²) in [5.74, 6) is -2.40. The van der Waals surface area contributed by atoms with Gasteiger partial charge in [0.25, 0.3) is 10.0 Å². The summed E-state index contributed by atoms with van der Waals surface area (Å²) in [5, 5.41) is 0. The van der Waals surface area contributed by atoms with Crippen LogP contribution in [-0.4, -0.2) is 8.42 Å².